The van der Waals surface area contributed by atoms with Crippen molar-refractivity contribution in [2.75, 3.05) is 25.1 Å². The van der Waals surface area contributed by atoms with E-state index in [9.17, 15) is 9.90 Å². The molecule has 24 heavy (non-hydrogen) atoms. The molecule has 0 radical (unpaired) electrons. The number of aliphatic hydroxyl groups is 1. The monoisotopic (exact) mass is 336 g/mol. The molecule has 6 heteroatoms. The summed E-state index contributed by atoms with van der Waals surface area (Å²) in [6.45, 7) is 5.01. The Balaban J connectivity index is 1.87. The lowest BCUT2D eigenvalue weighted by Gasteiger charge is -2.23. The van der Waals surface area contributed by atoms with E-state index >= 15 is 0 Å². The Kier molecular flexibility index (Phi) is 6.87. The van der Waals surface area contributed by atoms with E-state index in [4.69, 9.17) is 9.47 Å². The van der Waals surface area contributed by atoms with Crippen LogP contribution >= 0.6 is 0 Å². The topological polar surface area (TPSA) is 79.8 Å². The van der Waals surface area contributed by atoms with Crippen molar-refractivity contribution in [3.63, 3.8) is 0 Å². The summed E-state index contributed by atoms with van der Waals surface area (Å²) in [6.07, 6.45) is 3.95. The summed E-state index contributed by atoms with van der Waals surface area (Å²) in [6, 6.07) is 6.94. The minimum absolute atomic E-state index is 0.111. The number of carbonyl (C=O) groups excluding carboxylic acids is 1. The van der Waals surface area contributed by atoms with Crippen LogP contribution < -0.4 is 15.4 Å². The number of ether oxygens (including phenoxy) is 2. The lowest BCUT2D eigenvalue weighted by Crippen LogP contribution is -2.41. The number of amides is 2. The van der Waals surface area contributed by atoms with Gasteiger partial charge in [0, 0.05) is 13.2 Å². The molecule has 3 N–H and O–H groups in total. The van der Waals surface area contributed by atoms with Gasteiger partial charge in [0.05, 0.1) is 17.4 Å². The lowest BCUT2D eigenvalue weighted by molar-refractivity contribution is -0.0109. The molecular formula is C18H28N2O4. The molecule has 134 valence electrons. The van der Waals surface area contributed by atoms with Gasteiger partial charge < -0.3 is 25.2 Å². The highest BCUT2D eigenvalue weighted by Gasteiger charge is 2.19. The zero-order valence-corrected chi connectivity index (χ0v) is 14.5. The van der Waals surface area contributed by atoms with Gasteiger partial charge >= 0.3 is 6.03 Å². The average molecular weight is 336 g/mol. The van der Waals surface area contributed by atoms with Crippen LogP contribution in [0.15, 0.2) is 24.3 Å². The molecule has 1 saturated heterocycles. The number of carbonyl (C=O) groups is 1. The molecule has 6 nitrogen and oxygen atoms in total. The lowest BCUT2D eigenvalue weighted by atomic mass is 10.0. The van der Waals surface area contributed by atoms with Gasteiger partial charge in [0.2, 0.25) is 0 Å². The van der Waals surface area contributed by atoms with E-state index in [0.29, 0.717) is 24.5 Å². The summed E-state index contributed by atoms with van der Waals surface area (Å²) < 4.78 is 11.5. The van der Waals surface area contributed by atoms with Crippen LogP contribution in [-0.2, 0) is 4.74 Å². The molecule has 1 heterocycles. The number of benzene rings is 1. The number of hydrogen-bond donors (Lipinski definition) is 3. The third-order valence-electron chi connectivity index (χ3n) is 4.23. The molecule has 0 unspecified atom stereocenters. The zero-order chi connectivity index (χ0) is 17.4. The molecule has 0 saturated carbocycles. The SMILES string of the molecule is CC[C@@](C)(O)CNC(=O)Nc1ccccc1OC[C@@H]1CCCCO1. The standard InChI is InChI=1S/C18H28N2O4/c1-3-18(2,22)13-19-17(21)20-15-9-4-5-10-16(15)24-12-14-8-6-7-11-23-14/h4-5,9-10,14,22H,3,6-8,11-13H2,1-2H3,(H2,19,20,21)/t14-,18+/m0/s1. The maximum Gasteiger partial charge on any atom is 0.319 e. The maximum atomic E-state index is 12.0. The minimum Gasteiger partial charge on any atom is -0.489 e. The smallest absolute Gasteiger partial charge is 0.319 e. The second kappa shape index (κ2) is 8.89. The molecule has 1 aromatic carbocycles. The van der Waals surface area contributed by atoms with Crippen molar-refractivity contribution in [1.82, 2.24) is 5.32 Å². The van der Waals surface area contributed by atoms with E-state index in [1.54, 1.807) is 13.0 Å². The highest BCUT2D eigenvalue weighted by Crippen LogP contribution is 2.25. The molecule has 1 fully saturated rings. The number of rotatable bonds is 7. The summed E-state index contributed by atoms with van der Waals surface area (Å²) in [5.74, 6) is 0.615. The quantitative estimate of drug-likeness (QED) is 0.715. The Morgan fingerprint density at radius 2 is 2.21 bits per heavy atom. The molecule has 0 aliphatic carbocycles. The third-order valence-corrected chi connectivity index (χ3v) is 4.23. The van der Waals surface area contributed by atoms with Gasteiger partial charge in [0.25, 0.3) is 0 Å². The van der Waals surface area contributed by atoms with Gasteiger partial charge in [-0.1, -0.05) is 19.1 Å². The molecule has 1 aliphatic rings. The summed E-state index contributed by atoms with van der Waals surface area (Å²) >= 11 is 0. The highest BCUT2D eigenvalue weighted by atomic mass is 16.5. The van der Waals surface area contributed by atoms with E-state index in [-0.39, 0.29) is 18.7 Å². The zero-order valence-electron chi connectivity index (χ0n) is 14.5. The molecule has 0 spiro atoms. The van der Waals surface area contributed by atoms with Gasteiger partial charge in [0.15, 0.2) is 0 Å². The molecule has 0 bridgehead atoms. The molecular weight excluding hydrogens is 308 g/mol. The van der Waals surface area contributed by atoms with Crippen LogP contribution in [0.1, 0.15) is 39.5 Å². The predicted molar refractivity (Wildman–Crippen MR) is 93.5 cm³/mol. The largest absolute Gasteiger partial charge is 0.489 e. The van der Waals surface area contributed by atoms with E-state index in [1.165, 1.54) is 0 Å². The summed E-state index contributed by atoms with van der Waals surface area (Å²) in [5, 5.41) is 15.4. The van der Waals surface area contributed by atoms with Crippen LogP contribution in [0.3, 0.4) is 0 Å². The number of nitrogens with one attached hydrogen (secondary N) is 2. The van der Waals surface area contributed by atoms with Crippen LogP contribution in [0.4, 0.5) is 10.5 Å². The van der Waals surface area contributed by atoms with Gasteiger partial charge in [-0.2, -0.15) is 0 Å². The Bertz CT molecular complexity index is 528. The van der Waals surface area contributed by atoms with E-state index in [0.717, 1.165) is 25.9 Å². The fourth-order valence-electron chi connectivity index (χ4n) is 2.38. The van der Waals surface area contributed by atoms with E-state index in [2.05, 4.69) is 10.6 Å². The van der Waals surface area contributed by atoms with Crippen molar-refractivity contribution in [2.45, 2.75) is 51.2 Å². The number of anilines is 1. The van der Waals surface area contributed by atoms with Crippen LogP contribution in [-0.4, -0.2) is 42.6 Å². The average Bonchev–Trinajstić information content (AvgIpc) is 2.60. The van der Waals surface area contributed by atoms with Gasteiger partial charge in [-0.05, 0) is 44.7 Å². The predicted octanol–water partition coefficient (Wildman–Crippen LogP) is 2.92. The fourth-order valence-corrected chi connectivity index (χ4v) is 2.38. The van der Waals surface area contributed by atoms with Crippen LogP contribution in [0.5, 0.6) is 5.75 Å². The van der Waals surface area contributed by atoms with Crippen molar-refractivity contribution in [3.05, 3.63) is 24.3 Å². The van der Waals surface area contributed by atoms with E-state index in [1.807, 2.05) is 25.1 Å². The first-order valence-corrected chi connectivity index (χ1v) is 8.61. The normalized spacial score (nSPS) is 20.0. The number of hydrogen-bond acceptors (Lipinski definition) is 4. The Labute approximate surface area is 143 Å². The van der Waals surface area contributed by atoms with Crippen LogP contribution in [0.2, 0.25) is 0 Å². The second-order valence-electron chi connectivity index (χ2n) is 6.45. The molecule has 2 atom stereocenters. The molecule has 2 rings (SSSR count). The molecule has 2 amide bonds. The summed E-state index contributed by atoms with van der Waals surface area (Å²) in [4.78, 5) is 12.0. The highest BCUT2D eigenvalue weighted by molar-refractivity contribution is 5.90. The second-order valence-corrected chi connectivity index (χ2v) is 6.45. The van der Waals surface area contributed by atoms with Gasteiger partial charge in [-0.25, -0.2) is 4.79 Å². The van der Waals surface area contributed by atoms with Crippen molar-refractivity contribution >= 4 is 11.7 Å². The van der Waals surface area contributed by atoms with Crippen molar-refractivity contribution in [3.8, 4) is 5.75 Å². The Hall–Kier alpha value is -1.79. The first kappa shape index (κ1) is 18.5. The molecule has 1 aliphatic heterocycles. The Morgan fingerprint density at radius 3 is 2.92 bits per heavy atom. The van der Waals surface area contributed by atoms with Crippen LogP contribution in [0.25, 0.3) is 0 Å². The van der Waals surface area contributed by atoms with Crippen molar-refractivity contribution in [1.29, 1.82) is 0 Å². The van der Waals surface area contributed by atoms with Gasteiger partial charge in [0.1, 0.15) is 12.4 Å². The first-order chi connectivity index (χ1) is 11.5. The maximum absolute atomic E-state index is 12.0. The number of para-hydroxylation sites is 2. The van der Waals surface area contributed by atoms with Gasteiger partial charge in [-0.3, -0.25) is 0 Å². The minimum atomic E-state index is -0.911. The summed E-state index contributed by atoms with van der Waals surface area (Å²) in [7, 11) is 0. The van der Waals surface area contributed by atoms with Gasteiger partial charge in [-0.15, -0.1) is 0 Å². The fraction of sp³-hybridized carbons (Fsp3) is 0.611. The van der Waals surface area contributed by atoms with Crippen molar-refractivity contribution < 1.29 is 19.4 Å². The molecule has 1 aromatic rings. The van der Waals surface area contributed by atoms with Crippen LogP contribution in [0, 0.1) is 0 Å². The van der Waals surface area contributed by atoms with E-state index < -0.39 is 5.60 Å². The Morgan fingerprint density at radius 1 is 1.42 bits per heavy atom. The first-order valence-electron chi connectivity index (χ1n) is 8.61. The van der Waals surface area contributed by atoms with Crippen molar-refractivity contribution in [2.24, 2.45) is 0 Å². The summed E-state index contributed by atoms with van der Waals surface area (Å²) in [5.41, 5.74) is -0.312. The molecule has 0 aromatic heterocycles. The third kappa shape index (κ3) is 6.02. The number of urea groups is 1.